The van der Waals surface area contributed by atoms with E-state index in [1.807, 2.05) is 12.1 Å². The van der Waals surface area contributed by atoms with E-state index in [0.29, 0.717) is 0 Å². The zero-order valence-electron chi connectivity index (χ0n) is 12.6. The van der Waals surface area contributed by atoms with E-state index in [0.717, 1.165) is 5.02 Å². The Kier molecular flexibility index (Phi) is 3.11. The largest absolute Gasteiger partial charge is 0.192 e. The van der Waals surface area contributed by atoms with Crippen LogP contribution < -0.4 is 0 Å². The molecule has 0 fully saturated rings. The molecule has 22 heavy (non-hydrogen) atoms. The van der Waals surface area contributed by atoms with Crippen molar-refractivity contribution in [3.05, 3.63) is 71.8 Å². The molecule has 0 radical (unpaired) electrons. The standard InChI is InChI=1S/C20H17ClS/c1-22(2)19-9-4-3-6-17(19)18-8-5-7-16(20(18)22)14-10-12-15(21)13-11-14/h3-13H,1-2H3. The van der Waals surface area contributed by atoms with Crippen LogP contribution in [0.25, 0.3) is 22.3 Å². The van der Waals surface area contributed by atoms with Gasteiger partial charge in [-0.2, -0.15) is 10.0 Å². The molecular formula is C20H17ClS. The maximum atomic E-state index is 6.05. The predicted molar refractivity (Wildman–Crippen MR) is 98.3 cm³/mol. The van der Waals surface area contributed by atoms with Crippen LogP contribution in [0.4, 0.5) is 0 Å². The fourth-order valence-electron chi connectivity index (χ4n) is 3.40. The molecule has 0 amide bonds. The molecule has 1 aliphatic heterocycles. The minimum Gasteiger partial charge on any atom is -0.192 e. The van der Waals surface area contributed by atoms with Gasteiger partial charge in [0.25, 0.3) is 0 Å². The van der Waals surface area contributed by atoms with Crippen LogP contribution >= 0.6 is 21.6 Å². The highest BCUT2D eigenvalue weighted by molar-refractivity contribution is 8.33. The van der Waals surface area contributed by atoms with Gasteiger partial charge in [-0.05, 0) is 53.0 Å². The van der Waals surface area contributed by atoms with Gasteiger partial charge in [-0.15, -0.1) is 0 Å². The molecule has 110 valence electrons. The summed E-state index contributed by atoms with van der Waals surface area (Å²) in [6, 6.07) is 23.7. The number of benzene rings is 3. The van der Waals surface area contributed by atoms with Crippen molar-refractivity contribution in [2.45, 2.75) is 9.79 Å². The van der Waals surface area contributed by atoms with Crippen LogP contribution in [-0.4, -0.2) is 12.5 Å². The smallest absolute Gasteiger partial charge is 0.0406 e. The van der Waals surface area contributed by atoms with Gasteiger partial charge in [-0.25, -0.2) is 0 Å². The van der Waals surface area contributed by atoms with E-state index < -0.39 is 10.0 Å². The van der Waals surface area contributed by atoms with E-state index in [4.69, 9.17) is 11.6 Å². The highest BCUT2D eigenvalue weighted by Crippen LogP contribution is 2.69. The summed E-state index contributed by atoms with van der Waals surface area (Å²) in [7, 11) is -0.987. The molecule has 0 atom stereocenters. The number of rotatable bonds is 1. The molecule has 1 heterocycles. The first-order chi connectivity index (χ1) is 10.6. The van der Waals surface area contributed by atoms with Crippen LogP contribution in [-0.2, 0) is 0 Å². The van der Waals surface area contributed by atoms with Crippen molar-refractivity contribution in [1.82, 2.24) is 0 Å². The molecule has 0 unspecified atom stereocenters. The van der Waals surface area contributed by atoms with Crippen molar-refractivity contribution >= 4 is 21.6 Å². The molecule has 0 aromatic heterocycles. The molecule has 0 spiro atoms. The molecule has 1 aliphatic rings. The van der Waals surface area contributed by atoms with Crippen LogP contribution in [0, 0.1) is 0 Å². The van der Waals surface area contributed by atoms with Gasteiger partial charge < -0.3 is 0 Å². The molecule has 0 N–H and O–H groups in total. The molecular weight excluding hydrogens is 308 g/mol. The second-order valence-corrected chi connectivity index (χ2v) is 9.95. The van der Waals surface area contributed by atoms with Crippen LogP contribution in [0.1, 0.15) is 0 Å². The maximum absolute atomic E-state index is 6.05. The highest BCUT2D eigenvalue weighted by Gasteiger charge is 2.33. The molecule has 0 bridgehead atoms. The van der Waals surface area contributed by atoms with Gasteiger partial charge in [0.2, 0.25) is 0 Å². The summed E-state index contributed by atoms with van der Waals surface area (Å²) in [6.45, 7) is 0. The summed E-state index contributed by atoms with van der Waals surface area (Å²) in [4.78, 5) is 2.99. The molecule has 0 saturated carbocycles. The molecule has 0 aliphatic carbocycles. The summed E-state index contributed by atoms with van der Waals surface area (Å²) >= 11 is 6.05. The van der Waals surface area contributed by atoms with E-state index in [1.165, 1.54) is 32.0 Å². The average Bonchev–Trinajstić information content (AvgIpc) is 2.77. The minimum absolute atomic E-state index is 0.784. The van der Waals surface area contributed by atoms with Gasteiger partial charge in [0.1, 0.15) is 0 Å². The van der Waals surface area contributed by atoms with E-state index in [1.54, 1.807) is 0 Å². The molecule has 3 aromatic rings. The second kappa shape index (κ2) is 4.91. The third-order valence-corrected chi connectivity index (χ3v) is 7.58. The van der Waals surface area contributed by atoms with Crippen molar-refractivity contribution in [2.24, 2.45) is 0 Å². The fraction of sp³-hybridized carbons (Fsp3) is 0.100. The predicted octanol–water partition coefficient (Wildman–Crippen LogP) is 6.47. The first-order valence-corrected chi connectivity index (χ1v) is 10.1. The lowest BCUT2D eigenvalue weighted by atomic mass is 9.99. The van der Waals surface area contributed by atoms with Gasteiger partial charge in [-0.3, -0.25) is 0 Å². The van der Waals surface area contributed by atoms with Crippen LogP contribution in [0.3, 0.4) is 0 Å². The van der Waals surface area contributed by atoms with Crippen LogP contribution in [0.2, 0.25) is 5.02 Å². The van der Waals surface area contributed by atoms with Gasteiger partial charge in [-0.1, -0.05) is 60.1 Å². The second-order valence-electron chi connectivity index (χ2n) is 6.01. The van der Waals surface area contributed by atoms with Crippen LogP contribution in [0.15, 0.2) is 76.5 Å². The van der Waals surface area contributed by atoms with Crippen molar-refractivity contribution in [3.63, 3.8) is 0 Å². The Morgan fingerprint density at radius 1 is 0.682 bits per heavy atom. The summed E-state index contributed by atoms with van der Waals surface area (Å²) in [5, 5.41) is 0.784. The Bertz CT molecular complexity index is 863. The third kappa shape index (κ3) is 1.93. The topological polar surface area (TPSA) is 0 Å². The van der Waals surface area contributed by atoms with Crippen molar-refractivity contribution in [1.29, 1.82) is 0 Å². The van der Waals surface area contributed by atoms with E-state index >= 15 is 0 Å². The van der Waals surface area contributed by atoms with Gasteiger partial charge in [0.05, 0.1) is 0 Å². The Hall–Kier alpha value is -1.70. The summed E-state index contributed by atoms with van der Waals surface area (Å²) in [5.41, 5.74) is 5.37. The van der Waals surface area contributed by atoms with Crippen molar-refractivity contribution < 1.29 is 0 Å². The Balaban J connectivity index is 2.02. The van der Waals surface area contributed by atoms with Crippen molar-refractivity contribution in [3.8, 4) is 22.3 Å². The lowest BCUT2D eigenvalue weighted by molar-refractivity contribution is 1.44. The zero-order valence-corrected chi connectivity index (χ0v) is 14.2. The molecule has 3 aromatic carbocycles. The number of hydrogen-bond donors (Lipinski definition) is 0. The molecule has 0 nitrogen and oxygen atoms in total. The van der Waals surface area contributed by atoms with Gasteiger partial charge in [0, 0.05) is 14.8 Å². The lowest BCUT2D eigenvalue weighted by Crippen LogP contribution is -1.95. The maximum Gasteiger partial charge on any atom is 0.0406 e. The first kappa shape index (κ1) is 13.9. The summed E-state index contributed by atoms with van der Waals surface area (Å²) < 4.78 is 0. The molecule has 2 heteroatoms. The van der Waals surface area contributed by atoms with E-state index in [2.05, 4.69) is 67.1 Å². The quantitative estimate of drug-likeness (QED) is 0.481. The van der Waals surface area contributed by atoms with Gasteiger partial charge >= 0.3 is 0 Å². The molecule has 4 rings (SSSR count). The normalized spacial score (nSPS) is 16.0. The number of fused-ring (bicyclic) bond motifs is 3. The monoisotopic (exact) mass is 324 g/mol. The third-order valence-electron chi connectivity index (χ3n) is 4.41. The van der Waals surface area contributed by atoms with Crippen molar-refractivity contribution in [2.75, 3.05) is 12.5 Å². The number of hydrogen-bond acceptors (Lipinski definition) is 0. The van der Waals surface area contributed by atoms with Gasteiger partial charge in [0.15, 0.2) is 0 Å². The Morgan fingerprint density at radius 2 is 1.32 bits per heavy atom. The fourth-order valence-corrected chi connectivity index (χ4v) is 6.36. The SMILES string of the molecule is CS1(C)c2ccccc2-c2cccc(-c3ccc(Cl)cc3)c21. The molecule has 0 saturated heterocycles. The summed E-state index contributed by atoms with van der Waals surface area (Å²) in [5.74, 6) is 0. The average molecular weight is 325 g/mol. The van der Waals surface area contributed by atoms with E-state index in [-0.39, 0.29) is 0 Å². The first-order valence-electron chi connectivity index (χ1n) is 7.31. The Morgan fingerprint density at radius 3 is 2.09 bits per heavy atom. The zero-order chi connectivity index (χ0) is 15.3. The Labute approximate surface area is 138 Å². The lowest BCUT2D eigenvalue weighted by Gasteiger charge is -2.30. The minimum atomic E-state index is -0.987. The van der Waals surface area contributed by atoms with Crippen LogP contribution in [0.5, 0.6) is 0 Å². The highest BCUT2D eigenvalue weighted by atomic mass is 35.5. The van der Waals surface area contributed by atoms with E-state index in [9.17, 15) is 0 Å². The summed E-state index contributed by atoms with van der Waals surface area (Å²) in [6.07, 6.45) is 4.80. The number of halogens is 1.